The van der Waals surface area contributed by atoms with Crippen molar-refractivity contribution in [3.8, 4) is 5.75 Å². The molecule has 0 saturated carbocycles. The maximum atomic E-state index is 12.8. The van der Waals surface area contributed by atoms with Crippen molar-refractivity contribution in [3.05, 3.63) is 29.1 Å². The van der Waals surface area contributed by atoms with E-state index in [-0.39, 0.29) is 6.07 Å². The van der Waals surface area contributed by atoms with E-state index in [1.807, 2.05) is 0 Å². The Balaban J connectivity index is 3.45. The van der Waals surface area contributed by atoms with Crippen LogP contribution in [0.2, 0.25) is 0 Å². The number of alkyl halides is 3. The van der Waals surface area contributed by atoms with Crippen molar-refractivity contribution in [1.29, 1.82) is 0 Å². The van der Waals surface area contributed by atoms with E-state index in [4.69, 9.17) is 5.11 Å². The lowest BCUT2D eigenvalue weighted by Crippen LogP contribution is -2.14. The van der Waals surface area contributed by atoms with E-state index < -0.39 is 34.8 Å². The molecule has 0 aromatic heterocycles. The van der Waals surface area contributed by atoms with Gasteiger partial charge in [0.1, 0.15) is 0 Å². The second-order valence-electron chi connectivity index (χ2n) is 2.84. The Morgan fingerprint density at radius 2 is 1.94 bits per heavy atom. The Kier molecular flexibility index (Phi) is 3.06. The number of rotatable bonds is 1. The maximum absolute atomic E-state index is 12.8. The summed E-state index contributed by atoms with van der Waals surface area (Å²) in [4.78, 5) is 11.0. The number of halogens is 4. The minimum atomic E-state index is -4.90. The largest absolute Gasteiger partial charge is 0.505 e. The zero-order chi connectivity index (χ0) is 12.5. The van der Waals surface area contributed by atoms with Gasteiger partial charge in [0, 0.05) is 0 Å². The molecule has 0 spiro atoms. The normalized spacial score (nSPS) is 11.3. The van der Waals surface area contributed by atoms with Crippen LogP contribution in [0.3, 0.4) is 0 Å². The van der Waals surface area contributed by atoms with Crippen LogP contribution in [0.1, 0.15) is 15.9 Å². The monoisotopic (exact) mass is 238 g/mol. The van der Waals surface area contributed by atoms with Crippen molar-refractivity contribution in [2.45, 2.75) is 6.18 Å². The van der Waals surface area contributed by atoms with Gasteiger partial charge in [-0.05, 0) is 12.1 Å². The van der Waals surface area contributed by atoms with E-state index in [1.165, 1.54) is 0 Å². The molecule has 1 aromatic carbocycles. The first kappa shape index (κ1) is 12.3. The van der Waals surface area contributed by atoms with Gasteiger partial charge in [-0.3, -0.25) is 0 Å². The molecule has 0 unspecified atom stereocenters. The highest BCUT2D eigenvalue weighted by Gasteiger charge is 2.36. The summed E-state index contributed by atoms with van der Waals surface area (Å²) in [6.45, 7) is 0. The number of methoxy groups -OCH3 is 1. The second-order valence-corrected chi connectivity index (χ2v) is 2.84. The number of hydrogen-bond acceptors (Lipinski definition) is 3. The number of ether oxygens (including phenoxy) is 1. The number of hydrogen-bond donors (Lipinski definition) is 1. The molecular formula is C9H6F4O3. The van der Waals surface area contributed by atoms with E-state index in [0.29, 0.717) is 6.07 Å². The third-order valence-corrected chi connectivity index (χ3v) is 1.80. The van der Waals surface area contributed by atoms with Gasteiger partial charge in [-0.1, -0.05) is 0 Å². The first-order valence-corrected chi connectivity index (χ1v) is 3.95. The zero-order valence-corrected chi connectivity index (χ0v) is 7.93. The van der Waals surface area contributed by atoms with Gasteiger partial charge in [0.25, 0.3) is 0 Å². The maximum Gasteiger partial charge on any atom is 0.417 e. The first-order chi connectivity index (χ1) is 7.27. The van der Waals surface area contributed by atoms with Crippen molar-refractivity contribution in [1.82, 2.24) is 0 Å². The fraction of sp³-hybridized carbons (Fsp3) is 0.222. The van der Waals surface area contributed by atoms with Crippen LogP contribution in [0.5, 0.6) is 5.75 Å². The minimum Gasteiger partial charge on any atom is -0.505 e. The summed E-state index contributed by atoms with van der Waals surface area (Å²) in [5.74, 6) is -3.81. The van der Waals surface area contributed by atoms with Gasteiger partial charge in [0.15, 0.2) is 11.6 Å². The predicted octanol–water partition coefficient (Wildman–Crippen LogP) is 2.34. The van der Waals surface area contributed by atoms with E-state index in [1.54, 1.807) is 0 Å². The Morgan fingerprint density at radius 3 is 2.38 bits per heavy atom. The minimum absolute atomic E-state index is 0.0432. The molecule has 16 heavy (non-hydrogen) atoms. The average Bonchev–Trinajstić information content (AvgIpc) is 2.18. The summed E-state index contributed by atoms with van der Waals surface area (Å²) in [5.41, 5.74) is -2.43. The number of carbonyl (C=O) groups is 1. The summed E-state index contributed by atoms with van der Waals surface area (Å²) in [5, 5.41) is 8.88. The highest BCUT2D eigenvalue weighted by molar-refractivity contribution is 5.91. The van der Waals surface area contributed by atoms with Crippen molar-refractivity contribution in [3.63, 3.8) is 0 Å². The topological polar surface area (TPSA) is 46.5 Å². The fourth-order valence-electron chi connectivity index (χ4n) is 1.08. The zero-order valence-electron chi connectivity index (χ0n) is 7.93. The van der Waals surface area contributed by atoms with Crippen LogP contribution >= 0.6 is 0 Å². The van der Waals surface area contributed by atoms with Crippen LogP contribution in [0.4, 0.5) is 17.6 Å². The molecule has 0 saturated heterocycles. The summed E-state index contributed by atoms with van der Waals surface area (Å²) >= 11 is 0. The molecule has 0 bridgehead atoms. The molecule has 0 aliphatic carbocycles. The number of esters is 1. The van der Waals surface area contributed by atoms with Gasteiger partial charge in [0.05, 0.1) is 18.2 Å². The third kappa shape index (κ3) is 2.23. The van der Waals surface area contributed by atoms with Crippen LogP contribution in [-0.4, -0.2) is 18.2 Å². The van der Waals surface area contributed by atoms with Gasteiger partial charge >= 0.3 is 12.1 Å². The summed E-state index contributed by atoms with van der Waals surface area (Å²) in [6.07, 6.45) is -4.90. The average molecular weight is 238 g/mol. The molecule has 0 amide bonds. The molecule has 1 rings (SSSR count). The fourth-order valence-corrected chi connectivity index (χ4v) is 1.08. The number of benzene rings is 1. The molecule has 3 nitrogen and oxygen atoms in total. The van der Waals surface area contributed by atoms with Crippen LogP contribution in [0.15, 0.2) is 12.1 Å². The van der Waals surface area contributed by atoms with Crippen LogP contribution in [0, 0.1) is 5.82 Å². The SMILES string of the molecule is COC(=O)c1cc(O)c(F)cc1C(F)(F)F. The van der Waals surface area contributed by atoms with Crippen LogP contribution in [-0.2, 0) is 10.9 Å². The molecule has 0 fully saturated rings. The van der Waals surface area contributed by atoms with Crippen LogP contribution < -0.4 is 0 Å². The highest BCUT2D eigenvalue weighted by atomic mass is 19.4. The lowest BCUT2D eigenvalue weighted by atomic mass is 10.1. The number of phenolic OH excluding ortho intramolecular Hbond substituents is 1. The van der Waals surface area contributed by atoms with Gasteiger partial charge < -0.3 is 9.84 Å². The van der Waals surface area contributed by atoms with Gasteiger partial charge in [0.2, 0.25) is 0 Å². The predicted molar refractivity (Wildman–Crippen MR) is 44.4 cm³/mol. The number of phenols is 1. The van der Waals surface area contributed by atoms with Crippen molar-refractivity contribution in [2.75, 3.05) is 7.11 Å². The van der Waals surface area contributed by atoms with E-state index in [2.05, 4.69) is 4.74 Å². The lowest BCUT2D eigenvalue weighted by molar-refractivity contribution is -0.138. The first-order valence-electron chi connectivity index (χ1n) is 3.95. The Labute approximate surface area is 87.3 Å². The van der Waals surface area contributed by atoms with Gasteiger partial charge in [-0.15, -0.1) is 0 Å². The lowest BCUT2D eigenvalue weighted by Gasteiger charge is -2.11. The van der Waals surface area contributed by atoms with E-state index in [9.17, 15) is 22.4 Å². The molecule has 1 aromatic rings. The van der Waals surface area contributed by atoms with Gasteiger partial charge in [-0.2, -0.15) is 13.2 Å². The van der Waals surface area contributed by atoms with Crippen molar-refractivity contribution in [2.24, 2.45) is 0 Å². The van der Waals surface area contributed by atoms with Crippen molar-refractivity contribution >= 4 is 5.97 Å². The molecule has 0 atom stereocenters. The molecule has 0 heterocycles. The number of carbonyl (C=O) groups excluding carboxylic acids is 1. The summed E-state index contributed by atoms with van der Waals surface area (Å²) in [7, 11) is 0.878. The Morgan fingerprint density at radius 1 is 1.38 bits per heavy atom. The third-order valence-electron chi connectivity index (χ3n) is 1.80. The molecule has 0 radical (unpaired) electrons. The summed E-state index contributed by atoms with van der Waals surface area (Å²) in [6, 6.07) is 0.422. The highest BCUT2D eigenvalue weighted by Crippen LogP contribution is 2.35. The van der Waals surface area contributed by atoms with Crippen LogP contribution in [0.25, 0.3) is 0 Å². The van der Waals surface area contributed by atoms with Gasteiger partial charge in [-0.25, -0.2) is 9.18 Å². The van der Waals surface area contributed by atoms with E-state index in [0.717, 1.165) is 7.11 Å². The Hall–Kier alpha value is -1.79. The quantitative estimate of drug-likeness (QED) is 0.603. The second kappa shape index (κ2) is 3.99. The molecule has 7 heteroatoms. The number of aromatic hydroxyl groups is 1. The molecular weight excluding hydrogens is 232 g/mol. The Bertz CT molecular complexity index is 425. The summed E-state index contributed by atoms with van der Waals surface area (Å²) < 4.78 is 54.1. The standard InChI is InChI=1S/C9H6F4O3/c1-16-8(15)4-2-7(14)6(10)3-5(4)9(11,12)13/h2-3,14H,1H3. The molecule has 0 aliphatic heterocycles. The molecule has 0 aliphatic rings. The molecule has 88 valence electrons. The van der Waals surface area contributed by atoms with Crippen molar-refractivity contribution < 1.29 is 32.2 Å². The smallest absolute Gasteiger partial charge is 0.417 e. The van der Waals surface area contributed by atoms with E-state index >= 15 is 0 Å². The molecule has 1 N–H and O–H groups in total.